The van der Waals surface area contributed by atoms with Crippen molar-refractivity contribution >= 4 is 24.2 Å². The third-order valence-electron chi connectivity index (χ3n) is 8.85. The zero-order chi connectivity index (χ0) is 39.4. The summed E-state index contributed by atoms with van der Waals surface area (Å²) in [6.07, 6.45) is 3.46. The van der Waals surface area contributed by atoms with Crippen LogP contribution in [0.5, 0.6) is 0 Å². The molecule has 6 aromatic carbocycles. The number of halogens is 1. The molecule has 0 aliphatic rings. The molecule has 2 heterocycles. The van der Waals surface area contributed by atoms with E-state index in [9.17, 15) is 0 Å². The van der Waals surface area contributed by atoms with Crippen molar-refractivity contribution in [2.45, 2.75) is 27.7 Å². The lowest BCUT2D eigenvalue weighted by atomic mass is 9.81. The van der Waals surface area contributed by atoms with Crippen molar-refractivity contribution in [3.8, 4) is 56.3 Å². The van der Waals surface area contributed by atoms with Gasteiger partial charge in [0.15, 0.2) is 0 Å². The minimum absolute atomic E-state index is 0.405. The van der Waals surface area contributed by atoms with E-state index in [0.717, 1.165) is 56.3 Å². The first-order valence-corrected chi connectivity index (χ1v) is 18.7. The Hall–Kier alpha value is -6.25. The molecule has 0 saturated heterocycles. The van der Waals surface area contributed by atoms with Crippen molar-refractivity contribution in [1.29, 1.82) is 0 Å². The van der Waals surface area contributed by atoms with Crippen molar-refractivity contribution < 1.29 is 10.0 Å². The highest BCUT2D eigenvalue weighted by atomic mass is 35.5. The van der Waals surface area contributed by atoms with Gasteiger partial charge in [-0.2, -0.15) is 0 Å². The van der Waals surface area contributed by atoms with Gasteiger partial charge in [-0.3, -0.25) is 9.97 Å². The van der Waals surface area contributed by atoms with E-state index in [1.54, 1.807) is 30.5 Å². The van der Waals surface area contributed by atoms with E-state index >= 15 is 0 Å². The maximum absolute atomic E-state index is 8.58. The lowest BCUT2D eigenvalue weighted by Crippen LogP contribution is -2.29. The average Bonchev–Trinajstić information content (AvgIpc) is 3.22. The fraction of sp³-hybridized carbons (Fsp3) is 0.0833. The molecule has 2 N–H and O–H groups in total. The van der Waals surface area contributed by atoms with Crippen molar-refractivity contribution in [2.75, 3.05) is 0 Å². The summed E-state index contributed by atoms with van der Waals surface area (Å²) in [7, 11) is -1.34. The average molecular weight is 753 g/mol. The molecule has 0 spiro atoms. The van der Waals surface area contributed by atoms with Crippen molar-refractivity contribution in [2.24, 2.45) is 0 Å². The summed E-state index contributed by atoms with van der Waals surface area (Å²) in [6.45, 7) is 8.33. The second kappa shape index (κ2) is 18.9. The second-order valence-electron chi connectivity index (χ2n) is 13.5. The number of hydrogen-bond acceptors (Lipinski definition) is 6. The van der Waals surface area contributed by atoms with E-state index in [0.29, 0.717) is 10.6 Å². The minimum atomic E-state index is -1.34. The van der Waals surface area contributed by atoms with Crippen LogP contribution in [0.25, 0.3) is 56.3 Å². The van der Waals surface area contributed by atoms with Crippen LogP contribution in [-0.4, -0.2) is 37.1 Å². The molecular weight excluding hydrogens is 711 g/mol. The number of aromatic nitrogens is 4. The van der Waals surface area contributed by atoms with Gasteiger partial charge in [0.2, 0.25) is 0 Å². The molecule has 2 aromatic heterocycles. The first-order valence-electron chi connectivity index (χ1n) is 18.3. The van der Waals surface area contributed by atoms with Crippen molar-refractivity contribution in [3.63, 3.8) is 0 Å². The summed E-state index contributed by atoms with van der Waals surface area (Å²) in [5, 5.41) is 17.6. The van der Waals surface area contributed by atoms with E-state index in [1.807, 2.05) is 54.7 Å². The molecule has 56 heavy (non-hydrogen) atoms. The summed E-state index contributed by atoms with van der Waals surface area (Å²) < 4.78 is 0. The highest BCUT2D eigenvalue weighted by Gasteiger charge is 2.15. The first-order chi connectivity index (χ1) is 27.1. The molecule has 0 fully saturated rings. The Morgan fingerprint density at radius 2 is 0.786 bits per heavy atom. The predicted octanol–water partition coefficient (Wildman–Crippen LogP) is 10.5. The topological polar surface area (TPSA) is 92.0 Å². The Labute approximate surface area is 334 Å². The van der Waals surface area contributed by atoms with Crippen LogP contribution in [0.1, 0.15) is 22.3 Å². The van der Waals surface area contributed by atoms with Gasteiger partial charge in [0.05, 0.1) is 40.9 Å². The molecule has 0 radical (unpaired) electrons. The second-order valence-corrected chi connectivity index (χ2v) is 13.9. The quantitative estimate of drug-likeness (QED) is 0.164. The summed E-state index contributed by atoms with van der Waals surface area (Å²) in [6, 6.07) is 52.2. The summed E-state index contributed by atoms with van der Waals surface area (Å²) >= 11 is 6.05. The standard InChI is InChI=1S/C24H20N2.C18H15ClN2.C6H7BO2/c1-17-8-6-12-20(14-17)23-24(21-13-7-9-18(2)15-21)26-22(16-25-23)19-10-4-3-5-11-19;1-12-5-3-7-14(9-12)17-18(21-16(19)11-20-17)15-8-4-6-13(2)10-15;8-7(9)6-4-2-1-3-5-6/h3-16H,1-2H3;3-11H,1-2H3;1-5,8-9H. The van der Waals surface area contributed by atoms with Crippen molar-refractivity contribution in [1.82, 2.24) is 19.9 Å². The largest absolute Gasteiger partial charge is 0.488 e. The van der Waals surface area contributed by atoms with Crippen molar-refractivity contribution in [3.05, 3.63) is 198 Å². The fourth-order valence-electron chi connectivity index (χ4n) is 6.12. The van der Waals surface area contributed by atoms with Gasteiger partial charge in [0.1, 0.15) is 5.15 Å². The van der Waals surface area contributed by atoms with Gasteiger partial charge in [-0.25, -0.2) is 9.97 Å². The van der Waals surface area contributed by atoms with Crippen LogP contribution in [0.3, 0.4) is 0 Å². The molecule has 8 aromatic rings. The van der Waals surface area contributed by atoms with Crippen LogP contribution >= 0.6 is 11.6 Å². The Balaban J connectivity index is 0.000000158. The highest BCUT2D eigenvalue weighted by molar-refractivity contribution is 6.58. The lowest BCUT2D eigenvalue weighted by molar-refractivity contribution is 0.426. The van der Waals surface area contributed by atoms with Crippen LogP contribution < -0.4 is 5.46 Å². The molecule has 0 saturated carbocycles. The number of aryl methyl sites for hydroxylation is 4. The SMILES string of the molecule is Cc1cccc(-c2ncc(-c3ccccc3)nc2-c2cccc(C)c2)c1.Cc1cccc(-c2ncc(Cl)nc2-c2cccc(C)c2)c1.OB(O)c1ccccc1. The molecule has 0 bridgehead atoms. The zero-order valence-electron chi connectivity index (χ0n) is 31.8. The van der Waals surface area contributed by atoms with E-state index < -0.39 is 7.12 Å². The molecule has 0 aliphatic heterocycles. The zero-order valence-corrected chi connectivity index (χ0v) is 32.6. The number of rotatable bonds is 6. The minimum Gasteiger partial charge on any atom is -0.423 e. The van der Waals surface area contributed by atoms with Crippen LogP contribution in [0, 0.1) is 27.7 Å². The van der Waals surface area contributed by atoms with Crippen LogP contribution in [0.2, 0.25) is 5.15 Å². The Morgan fingerprint density at radius 1 is 0.411 bits per heavy atom. The van der Waals surface area contributed by atoms with Gasteiger partial charge in [-0.15, -0.1) is 0 Å². The molecule has 0 amide bonds. The van der Waals surface area contributed by atoms with Gasteiger partial charge in [0.25, 0.3) is 0 Å². The number of hydrogen-bond donors (Lipinski definition) is 2. The van der Waals surface area contributed by atoms with E-state index in [-0.39, 0.29) is 0 Å². The summed E-state index contributed by atoms with van der Waals surface area (Å²) in [5.41, 5.74) is 15.1. The molecule has 0 atom stereocenters. The Kier molecular flexibility index (Phi) is 13.3. The van der Waals surface area contributed by atoms with E-state index in [4.69, 9.17) is 31.6 Å². The normalized spacial score (nSPS) is 10.4. The van der Waals surface area contributed by atoms with E-state index in [1.165, 1.54) is 22.3 Å². The monoisotopic (exact) mass is 752 g/mol. The maximum atomic E-state index is 8.58. The third-order valence-corrected chi connectivity index (χ3v) is 9.03. The van der Waals surface area contributed by atoms with Crippen LogP contribution in [-0.2, 0) is 0 Å². The summed E-state index contributed by atoms with van der Waals surface area (Å²) in [4.78, 5) is 18.8. The van der Waals surface area contributed by atoms with Gasteiger partial charge in [0, 0.05) is 27.8 Å². The first kappa shape index (κ1) is 39.4. The smallest absolute Gasteiger partial charge is 0.423 e. The predicted molar refractivity (Wildman–Crippen MR) is 231 cm³/mol. The highest BCUT2D eigenvalue weighted by Crippen LogP contribution is 2.33. The number of nitrogens with zero attached hydrogens (tertiary/aromatic N) is 4. The van der Waals surface area contributed by atoms with Gasteiger partial charge < -0.3 is 10.0 Å². The van der Waals surface area contributed by atoms with Gasteiger partial charge >= 0.3 is 7.12 Å². The Morgan fingerprint density at radius 3 is 1.20 bits per heavy atom. The molecule has 8 heteroatoms. The van der Waals surface area contributed by atoms with Gasteiger partial charge in [-0.05, 0) is 57.4 Å². The number of benzene rings is 6. The third kappa shape index (κ3) is 10.5. The molecule has 0 unspecified atom stereocenters. The molecule has 0 aliphatic carbocycles. The fourth-order valence-corrected chi connectivity index (χ4v) is 6.26. The molecule has 276 valence electrons. The van der Waals surface area contributed by atoms with Gasteiger partial charge in [-0.1, -0.05) is 167 Å². The summed E-state index contributed by atoms with van der Waals surface area (Å²) in [5.74, 6) is 0. The Bertz CT molecular complexity index is 2530. The maximum Gasteiger partial charge on any atom is 0.488 e. The molecular formula is C48H42BClN4O2. The van der Waals surface area contributed by atoms with E-state index in [2.05, 4.69) is 123 Å². The molecule has 6 nitrogen and oxygen atoms in total. The lowest BCUT2D eigenvalue weighted by Gasteiger charge is -2.12. The molecule has 8 rings (SSSR count). The van der Waals surface area contributed by atoms with Crippen LogP contribution in [0.4, 0.5) is 0 Å². The van der Waals surface area contributed by atoms with Crippen LogP contribution in [0.15, 0.2) is 170 Å².